The second-order valence-corrected chi connectivity index (χ2v) is 12.3. The Morgan fingerprint density at radius 3 is 2.47 bits per heavy atom. The van der Waals surface area contributed by atoms with E-state index >= 15 is 0 Å². The van der Waals surface area contributed by atoms with Crippen molar-refractivity contribution in [1.82, 2.24) is 14.7 Å². The number of carbonyl (C=O) groups is 2. The Bertz CT molecular complexity index is 1240. The first-order valence-corrected chi connectivity index (χ1v) is 14.2. The summed E-state index contributed by atoms with van der Waals surface area (Å²) < 4.78 is 7.22. The summed E-state index contributed by atoms with van der Waals surface area (Å²) in [6.45, 7) is 7.98. The lowest BCUT2D eigenvalue weighted by Gasteiger charge is -2.26. The van der Waals surface area contributed by atoms with Gasteiger partial charge in [0.25, 0.3) is 0 Å². The lowest BCUT2D eigenvalue weighted by molar-refractivity contribution is -0.130. The largest absolute Gasteiger partial charge is 0.497 e. The Morgan fingerprint density at radius 1 is 1.14 bits per heavy atom. The highest BCUT2D eigenvalue weighted by molar-refractivity contribution is 8.00. The van der Waals surface area contributed by atoms with E-state index in [1.807, 2.05) is 39.9 Å². The van der Waals surface area contributed by atoms with Crippen molar-refractivity contribution in [2.24, 2.45) is 0 Å². The molecule has 0 spiro atoms. The first-order valence-electron chi connectivity index (χ1n) is 12.3. The molecule has 1 saturated heterocycles. The summed E-state index contributed by atoms with van der Waals surface area (Å²) >= 11 is 3.31. The molecule has 1 aromatic carbocycles. The number of ether oxygens (including phenoxy) is 1. The zero-order valence-electron chi connectivity index (χ0n) is 21.2. The number of thioether (sulfide) groups is 1. The Balaban J connectivity index is 1.72. The maximum absolute atomic E-state index is 13.7. The summed E-state index contributed by atoms with van der Waals surface area (Å²) in [7, 11) is 1.64. The third kappa shape index (κ3) is 4.66. The summed E-state index contributed by atoms with van der Waals surface area (Å²) in [6, 6.07) is 11.8. The normalized spacial score (nSPS) is 18.3. The molecule has 0 N–H and O–H groups in total. The Kier molecular flexibility index (Phi) is 6.87. The van der Waals surface area contributed by atoms with E-state index in [1.54, 1.807) is 35.1 Å². The van der Waals surface area contributed by atoms with Gasteiger partial charge in [-0.15, -0.1) is 23.1 Å². The fourth-order valence-corrected chi connectivity index (χ4v) is 7.02. The van der Waals surface area contributed by atoms with Gasteiger partial charge in [-0.25, -0.2) is 4.68 Å². The van der Waals surface area contributed by atoms with E-state index in [-0.39, 0.29) is 29.0 Å². The molecule has 0 aliphatic carbocycles. The number of hydrogen-bond donors (Lipinski definition) is 0. The maximum Gasteiger partial charge on any atom is 0.242 e. The van der Waals surface area contributed by atoms with Crippen molar-refractivity contribution in [3.05, 3.63) is 57.9 Å². The number of nitrogens with zero attached hydrogens (tertiary/aromatic N) is 4. The molecule has 36 heavy (non-hydrogen) atoms. The predicted molar refractivity (Wildman–Crippen MR) is 146 cm³/mol. The quantitative estimate of drug-likeness (QED) is 0.468. The van der Waals surface area contributed by atoms with Gasteiger partial charge in [0.05, 0.1) is 29.5 Å². The molecule has 7 nitrogen and oxygen atoms in total. The van der Waals surface area contributed by atoms with Crippen molar-refractivity contribution in [3.63, 3.8) is 0 Å². The molecule has 2 aliphatic rings. The van der Waals surface area contributed by atoms with Crippen molar-refractivity contribution >= 4 is 40.7 Å². The summed E-state index contributed by atoms with van der Waals surface area (Å²) in [6.07, 6.45) is 2.03. The number of methoxy groups -OCH3 is 1. The molecule has 1 atom stereocenters. The van der Waals surface area contributed by atoms with Gasteiger partial charge in [0.15, 0.2) is 0 Å². The highest BCUT2D eigenvalue weighted by Gasteiger charge is 2.40. The van der Waals surface area contributed by atoms with Gasteiger partial charge >= 0.3 is 0 Å². The van der Waals surface area contributed by atoms with Gasteiger partial charge in [-0.3, -0.25) is 14.5 Å². The molecular weight excluding hydrogens is 492 g/mol. The molecule has 2 aliphatic heterocycles. The van der Waals surface area contributed by atoms with Gasteiger partial charge < -0.3 is 9.64 Å². The van der Waals surface area contributed by atoms with Crippen molar-refractivity contribution in [3.8, 4) is 11.4 Å². The van der Waals surface area contributed by atoms with Gasteiger partial charge in [0.2, 0.25) is 11.8 Å². The third-order valence-electron chi connectivity index (χ3n) is 6.67. The molecule has 1 unspecified atom stereocenters. The number of anilines is 1. The molecule has 0 saturated carbocycles. The third-order valence-corrected chi connectivity index (χ3v) is 8.99. The number of likely N-dealkylation sites (tertiary alicyclic amines) is 1. The van der Waals surface area contributed by atoms with Gasteiger partial charge in [-0.2, -0.15) is 5.10 Å². The van der Waals surface area contributed by atoms with E-state index < -0.39 is 0 Å². The van der Waals surface area contributed by atoms with Crippen LogP contribution in [0.25, 0.3) is 5.69 Å². The van der Waals surface area contributed by atoms with Gasteiger partial charge in [0.1, 0.15) is 18.1 Å². The van der Waals surface area contributed by atoms with Gasteiger partial charge in [-0.05, 0) is 48.6 Å². The van der Waals surface area contributed by atoms with Crippen LogP contribution in [0.3, 0.4) is 0 Å². The van der Waals surface area contributed by atoms with Crippen LogP contribution in [0.5, 0.6) is 5.75 Å². The summed E-state index contributed by atoms with van der Waals surface area (Å²) in [5, 5.41) is 7.16. The first-order chi connectivity index (χ1) is 17.3. The van der Waals surface area contributed by atoms with E-state index in [9.17, 15) is 9.59 Å². The lowest BCUT2D eigenvalue weighted by Crippen LogP contribution is -2.43. The minimum atomic E-state index is -0.268. The van der Waals surface area contributed by atoms with Crippen LogP contribution in [-0.4, -0.2) is 59.0 Å². The summed E-state index contributed by atoms with van der Waals surface area (Å²) in [5.41, 5.74) is 2.51. The van der Waals surface area contributed by atoms with Crippen LogP contribution in [0.1, 0.15) is 55.0 Å². The van der Waals surface area contributed by atoms with Crippen LogP contribution in [-0.2, 0) is 15.0 Å². The molecule has 1 fully saturated rings. The highest BCUT2D eigenvalue weighted by Crippen LogP contribution is 2.49. The zero-order valence-corrected chi connectivity index (χ0v) is 22.8. The number of benzene rings is 1. The smallest absolute Gasteiger partial charge is 0.242 e. The monoisotopic (exact) mass is 524 g/mol. The van der Waals surface area contributed by atoms with Crippen LogP contribution in [0.2, 0.25) is 0 Å². The Labute approximate surface area is 220 Å². The highest BCUT2D eigenvalue weighted by atomic mass is 32.2. The molecule has 3 aromatic rings. The Morgan fingerprint density at radius 2 is 1.86 bits per heavy atom. The van der Waals surface area contributed by atoms with Crippen molar-refractivity contribution in [2.75, 3.05) is 37.4 Å². The van der Waals surface area contributed by atoms with Crippen LogP contribution < -0.4 is 9.64 Å². The average Bonchev–Trinajstić information content (AvgIpc) is 3.63. The molecule has 5 rings (SSSR count). The van der Waals surface area contributed by atoms with E-state index in [1.165, 1.54) is 4.88 Å². The number of amides is 2. The summed E-state index contributed by atoms with van der Waals surface area (Å²) in [5.74, 6) is 1.67. The first kappa shape index (κ1) is 24.9. The number of thiophene rings is 1. The van der Waals surface area contributed by atoms with E-state index in [0.29, 0.717) is 11.6 Å². The molecule has 2 aromatic heterocycles. The number of hydrogen-bond acceptors (Lipinski definition) is 6. The molecule has 0 radical (unpaired) electrons. The van der Waals surface area contributed by atoms with E-state index in [4.69, 9.17) is 9.84 Å². The van der Waals surface area contributed by atoms with Crippen LogP contribution in [0.15, 0.2) is 41.8 Å². The predicted octanol–water partition coefficient (Wildman–Crippen LogP) is 5.03. The molecule has 2 amide bonds. The number of carbonyl (C=O) groups excluding carboxylic acids is 2. The lowest BCUT2D eigenvalue weighted by atomic mass is 9.88. The van der Waals surface area contributed by atoms with Crippen molar-refractivity contribution in [1.29, 1.82) is 0 Å². The molecule has 0 bridgehead atoms. The fraction of sp³-hybridized carbons (Fsp3) is 0.444. The van der Waals surface area contributed by atoms with Crippen molar-refractivity contribution in [2.45, 2.75) is 44.3 Å². The minimum Gasteiger partial charge on any atom is -0.497 e. The minimum absolute atomic E-state index is 0.00818. The van der Waals surface area contributed by atoms with Crippen LogP contribution in [0, 0.1) is 0 Å². The molecule has 4 heterocycles. The van der Waals surface area contributed by atoms with Crippen molar-refractivity contribution < 1.29 is 14.3 Å². The standard InChI is InChI=1S/C27H32N4O3S2/c1-27(2,3)25-23-24(20-8-7-15-35-20)36-17-22(33)30(16-21(32)29-13-5-6-14-29)26(23)31(28-25)18-9-11-19(34-4)12-10-18/h7-12,15,24H,5-6,13-14,16-17H2,1-4H3. The topological polar surface area (TPSA) is 67.7 Å². The molecule has 9 heteroatoms. The molecular formula is C27H32N4O3S2. The van der Waals surface area contributed by atoms with E-state index in [0.717, 1.165) is 48.6 Å². The van der Waals surface area contributed by atoms with Gasteiger partial charge in [-0.1, -0.05) is 26.8 Å². The average molecular weight is 525 g/mol. The number of aromatic nitrogens is 2. The van der Waals surface area contributed by atoms with Crippen LogP contribution >= 0.6 is 23.1 Å². The second-order valence-electron chi connectivity index (χ2n) is 10.2. The SMILES string of the molecule is COc1ccc(-n2nc(C(C)(C)C)c3c2N(CC(=O)N2CCCC2)C(=O)CSC3c2cccs2)cc1. The number of fused-ring (bicyclic) bond motifs is 1. The maximum atomic E-state index is 13.7. The van der Waals surface area contributed by atoms with E-state index in [2.05, 4.69) is 32.2 Å². The van der Waals surface area contributed by atoms with Gasteiger partial charge in [0, 0.05) is 28.9 Å². The Hall–Kier alpha value is -2.78. The zero-order chi connectivity index (χ0) is 25.4. The fourth-order valence-electron chi connectivity index (χ4n) is 4.84. The second kappa shape index (κ2) is 9.94. The summed E-state index contributed by atoms with van der Waals surface area (Å²) in [4.78, 5) is 31.7. The van der Waals surface area contributed by atoms with Crippen LogP contribution in [0.4, 0.5) is 5.82 Å². The number of rotatable bonds is 5. The molecule has 190 valence electrons.